The molecule has 8 aromatic rings. The van der Waals surface area contributed by atoms with Crippen LogP contribution >= 0.6 is 0 Å². The second-order valence-electron chi connectivity index (χ2n) is 32.4. The lowest BCUT2D eigenvalue weighted by molar-refractivity contribution is -0.152. The van der Waals surface area contributed by atoms with E-state index in [1.54, 1.807) is 79.4 Å². The van der Waals surface area contributed by atoms with Crippen molar-refractivity contribution in [2.24, 2.45) is 22.7 Å². The van der Waals surface area contributed by atoms with Crippen LogP contribution in [-0.4, -0.2) is 257 Å². The van der Waals surface area contributed by atoms with Crippen molar-refractivity contribution in [3.63, 3.8) is 0 Å². The maximum absolute atomic E-state index is 13.3. The molecule has 0 bridgehead atoms. The number of esters is 4. The summed E-state index contributed by atoms with van der Waals surface area (Å²) in [6.07, 6.45) is 5.49. The van der Waals surface area contributed by atoms with E-state index < -0.39 is 94.3 Å². The molecule has 0 aromatic heterocycles. The Morgan fingerprint density at radius 3 is 0.926 bits per heavy atom. The summed E-state index contributed by atoms with van der Waals surface area (Å²) in [5.74, 6) is 0.532. The molecule has 7 fully saturated rings. The zero-order chi connectivity index (χ0) is 87.9. The largest absolute Gasteiger partial charge is 0.488 e. The zero-order valence-electron chi connectivity index (χ0n) is 70.9. The van der Waals surface area contributed by atoms with Gasteiger partial charge in [0.1, 0.15) is 77.1 Å². The molecule has 644 valence electrons. The van der Waals surface area contributed by atoms with Gasteiger partial charge in [0, 0.05) is 92.8 Å². The van der Waals surface area contributed by atoms with E-state index in [0.29, 0.717) is 77.7 Å². The van der Waals surface area contributed by atoms with Gasteiger partial charge in [0.25, 0.3) is 0 Å². The smallest absolute Gasteiger partial charge is 0.377 e. The van der Waals surface area contributed by atoms with Gasteiger partial charge in [-0.15, -0.1) is 13.2 Å². The van der Waals surface area contributed by atoms with Crippen LogP contribution in [0.1, 0.15) is 71.6 Å². The number of rotatable bonds is 28. The highest BCUT2D eigenvalue weighted by atomic mass is 16.5. The topological polar surface area (TPSA) is 351 Å². The van der Waals surface area contributed by atoms with E-state index in [1.807, 2.05) is 170 Å². The summed E-state index contributed by atoms with van der Waals surface area (Å²) >= 11 is 0. The highest BCUT2D eigenvalue weighted by Gasteiger charge is 2.63. The van der Waals surface area contributed by atoms with Gasteiger partial charge in [0.15, 0.2) is 0 Å². The number of hydrogen-bond acceptors (Lipinski definition) is 26. The van der Waals surface area contributed by atoms with Gasteiger partial charge >= 0.3 is 65.1 Å². The number of aliphatic hydroxyl groups excluding tert-OH is 1. The second-order valence-corrected chi connectivity index (χ2v) is 32.4. The van der Waals surface area contributed by atoms with E-state index in [0.717, 1.165) is 66.1 Å². The zero-order valence-corrected chi connectivity index (χ0v) is 70.9. The first-order valence-corrected chi connectivity index (χ1v) is 42.0. The number of aliphatic carboxylic acids is 1. The summed E-state index contributed by atoms with van der Waals surface area (Å²) in [5.41, 5.74) is -1.62. The Balaban J connectivity index is 0.000000153. The SMILES string of the molecule is C=C[C@@H]1C[C@]1(CC(=O)[C@@H]1C[C@@H](Oc2cccc3ccccc23)CN1B(C)O)C(=O)OCC.C=C[C@H]1C[C@@]1(CC(=O)[C@@H]1C[C@@H](Oc2cccc3ccccc23)CN1B(C)O)C(=O)OCC.CB(O)N1C[C@H](Oc2cccc3ccccc23)C[C@H]1C(=O)O.COC(=O)[C@@H]1C[C@@H](Oc2cccc3ccccc23)CN1B(C)O.COC(=O)[C@@H]1C[C@H](O)CN1B(C)O. The lowest BCUT2D eigenvalue weighted by Crippen LogP contribution is -2.46. The Bertz CT molecular complexity index is 4810. The van der Waals surface area contributed by atoms with Crippen molar-refractivity contribution in [3.8, 4) is 23.0 Å². The van der Waals surface area contributed by atoms with Crippen LogP contribution in [-0.2, 0) is 52.5 Å². The highest BCUT2D eigenvalue weighted by Crippen LogP contribution is 2.59. The molecule has 32 heteroatoms. The number of carbonyl (C=O) groups is 7. The molecule has 7 N–H and O–H groups in total. The third kappa shape index (κ3) is 22.0. The number of carboxylic acid groups (broad SMARTS) is 1. The van der Waals surface area contributed by atoms with Gasteiger partial charge in [0.2, 0.25) is 0 Å². The molecule has 0 spiro atoms. The summed E-state index contributed by atoms with van der Waals surface area (Å²) in [7, 11) is -1.19. The van der Waals surface area contributed by atoms with E-state index in [-0.39, 0.29) is 91.8 Å². The number of benzene rings is 8. The summed E-state index contributed by atoms with van der Waals surface area (Å²) in [5, 5.41) is 76.6. The first-order chi connectivity index (χ1) is 58.5. The second kappa shape index (κ2) is 42.0. The first-order valence-electron chi connectivity index (χ1n) is 42.0. The lowest BCUT2D eigenvalue weighted by Gasteiger charge is -2.25. The molecule has 2 saturated carbocycles. The number of nitrogens with zero attached hydrogens (tertiary/aromatic N) is 5. The average molecular weight is 1670 g/mol. The molecule has 5 heterocycles. The molecular formula is C90H112B5N5O22. The van der Waals surface area contributed by atoms with Crippen molar-refractivity contribution in [1.82, 2.24) is 24.1 Å². The Labute approximate surface area is 714 Å². The number of hydrogen-bond donors (Lipinski definition) is 7. The molecule has 5 saturated heterocycles. The van der Waals surface area contributed by atoms with E-state index >= 15 is 0 Å². The Hall–Kier alpha value is -9.95. The predicted octanol–water partition coefficient (Wildman–Crippen LogP) is 9.48. The number of carboxylic acids is 1. The van der Waals surface area contributed by atoms with Crippen LogP contribution in [0.4, 0.5) is 0 Å². The Kier molecular flexibility index (Phi) is 31.9. The number of aliphatic hydroxyl groups is 1. The number of ketones is 2. The van der Waals surface area contributed by atoms with E-state index in [9.17, 15) is 68.9 Å². The first kappa shape index (κ1) is 92.8. The average Bonchev–Trinajstić information content (AvgIpc) is 1.58. The molecular weight excluding hydrogens is 1560 g/mol. The van der Waals surface area contributed by atoms with Crippen molar-refractivity contribution >= 4 is 120 Å². The van der Waals surface area contributed by atoms with Crippen molar-refractivity contribution in [1.29, 1.82) is 0 Å². The number of methoxy groups -OCH3 is 2. The van der Waals surface area contributed by atoms with Crippen LogP contribution in [0.5, 0.6) is 23.0 Å². The van der Waals surface area contributed by atoms with Crippen molar-refractivity contribution in [2.75, 3.05) is 60.2 Å². The van der Waals surface area contributed by atoms with Gasteiger partial charge in [-0.2, -0.15) is 0 Å². The van der Waals surface area contributed by atoms with Crippen molar-refractivity contribution < 1.29 is 107 Å². The number of fused-ring (bicyclic) bond motifs is 4. The Morgan fingerprint density at radius 2 is 0.656 bits per heavy atom. The molecule has 5 aliphatic heterocycles. The highest BCUT2D eigenvalue weighted by molar-refractivity contribution is 6.47. The minimum atomic E-state index is -0.926. The monoisotopic (exact) mass is 1670 g/mol. The van der Waals surface area contributed by atoms with Gasteiger partial charge < -0.3 is 97.3 Å². The summed E-state index contributed by atoms with van der Waals surface area (Å²) < 4.78 is 44.7. The summed E-state index contributed by atoms with van der Waals surface area (Å²) in [6, 6.07) is 52.8. The van der Waals surface area contributed by atoms with Gasteiger partial charge in [-0.3, -0.25) is 33.6 Å². The molecule has 15 rings (SSSR count). The Morgan fingerprint density at radius 1 is 0.393 bits per heavy atom. The third-order valence-corrected chi connectivity index (χ3v) is 24.2. The fraction of sp³-hybridized carbons (Fsp3) is 0.433. The van der Waals surface area contributed by atoms with Crippen LogP contribution in [0.25, 0.3) is 43.1 Å². The van der Waals surface area contributed by atoms with Gasteiger partial charge in [0.05, 0.1) is 56.5 Å². The standard InChI is InChI=1S/2C25H30BNO5.C17H20BNO4.C16H18BNO4.C7H14BNO4/c2*1-4-18-14-25(18,24(29)31-5-2)15-22(28)21-13-19(16-27(21)26(3)30)32-23-12-8-10-17-9-6-7-11-20(17)23;1-18(21)19-11-13(10-15(19)17(20)22-2)23-16-9-5-7-12-6-3-4-8-14(12)16;1-17(21)18-10-12(9-14(18)16(19)20)22-15-8-4-6-11-5-2-3-7-13(11)15;1-8(12)9-4-5(10)3-6(9)7(11)13-2/h2*4,6-12,18-19,21,30H,1,5,13-16H2,2-3H3;3-9,13,15,21H,10-11H2,1-2H3;2-8,12,14,21H,9-10H2,1H3,(H,19,20);5-6,10,12H,3-4H2,1-2H3/t18-,19+,21-,25-;18-,19-,21+,25-;13-,15+;12-,14+;5-,6-/m01110/s1. The molecule has 0 amide bonds. The molecule has 122 heavy (non-hydrogen) atoms. The molecule has 14 atom stereocenters. The minimum Gasteiger partial charge on any atom is -0.488 e. The van der Waals surface area contributed by atoms with Gasteiger partial charge in [-0.05, 0) is 125 Å². The fourth-order valence-electron chi connectivity index (χ4n) is 17.8. The fourth-order valence-corrected chi connectivity index (χ4v) is 17.8. The van der Waals surface area contributed by atoms with Crippen molar-refractivity contribution in [3.05, 3.63) is 195 Å². The molecule has 0 unspecified atom stereocenters. The molecule has 0 radical (unpaired) electrons. The van der Waals surface area contributed by atoms with Gasteiger partial charge in [-0.1, -0.05) is 158 Å². The van der Waals surface area contributed by atoms with Crippen LogP contribution in [0.3, 0.4) is 0 Å². The van der Waals surface area contributed by atoms with E-state index in [4.69, 9.17) is 33.2 Å². The quantitative estimate of drug-likeness (QED) is 0.0104. The molecule has 8 aromatic carbocycles. The van der Waals surface area contributed by atoms with Crippen LogP contribution in [0.2, 0.25) is 34.1 Å². The third-order valence-electron chi connectivity index (χ3n) is 24.2. The van der Waals surface area contributed by atoms with E-state index in [2.05, 4.69) is 17.9 Å². The van der Waals surface area contributed by atoms with Crippen LogP contribution in [0.15, 0.2) is 195 Å². The number of allylic oxidation sites excluding steroid dienone is 2. The van der Waals surface area contributed by atoms with Crippen LogP contribution < -0.4 is 18.9 Å². The normalized spacial score (nSPS) is 25.3. The lowest BCUT2D eigenvalue weighted by atomic mass is 9.82. The van der Waals surface area contributed by atoms with E-state index in [1.165, 1.54) is 19.0 Å². The maximum atomic E-state index is 13.3. The predicted molar refractivity (Wildman–Crippen MR) is 470 cm³/mol. The van der Waals surface area contributed by atoms with Crippen molar-refractivity contribution in [2.45, 2.75) is 166 Å². The molecule has 2 aliphatic carbocycles. The maximum Gasteiger partial charge on any atom is 0.377 e. The molecule has 27 nitrogen and oxygen atoms in total. The molecule has 7 aliphatic rings. The summed E-state index contributed by atoms with van der Waals surface area (Å²) in [6.45, 7) is 21.9. The van der Waals surface area contributed by atoms with Crippen LogP contribution in [0, 0.1) is 22.7 Å². The number of carbonyl (C=O) groups excluding carboxylic acids is 6. The number of β-amino-alcohol motifs (C(OH)–C–C–N with tert-alkyl or cyclic N) is 1. The number of ether oxygens (including phenoxy) is 8. The van der Waals surface area contributed by atoms with Gasteiger partial charge in [-0.25, -0.2) is 0 Å². The summed E-state index contributed by atoms with van der Waals surface area (Å²) in [4.78, 5) is 94.6. The minimum absolute atomic E-state index is 0.0466. The number of Topliss-reactive ketones (excluding diaryl/α,β-unsaturated/α-hetero) is 2.